The highest BCUT2D eigenvalue weighted by Crippen LogP contribution is 2.07. The van der Waals surface area contributed by atoms with E-state index in [0.29, 0.717) is 0 Å². The zero-order chi connectivity index (χ0) is 8.36. The Labute approximate surface area is 72.2 Å². The van der Waals surface area contributed by atoms with Gasteiger partial charge >= 0.3 is 0 Å². The summed E-state index contributed by atoms with van der Waals surface area (Å²) >= 11 is 0. The fourth-order valence-corrected chi connectivity index (χ4v) is 1.41. The monoisotopic (exact) mass is 178 g/mol. The van der Waals surface area contributed by atoms with Crippen LogP contribution < -0.4 is 0 Å². The van der Waals surface area contributed by atoms with Crippen molar-refractivity contribution in [2.24, 2.45) is 0 Å². The lowest BCUT2D eigenvalue weighted by atomic mass is 10.1. The highest BCUT2D eigenvalue weighted by molar-refractivity contribution is 7.16. The molecule has 0 spiro atoms. The first kappa shape index (κ1) is 11.4. The second kappa shape index (κ2) is 10.4. The molecule has 0 heterocycles. The molecular weight excluding hydrogens is 158 g/mol. The minimum Gasteiger partial charge on any atom is -0.251 e. The van der Waals surface area contributed by atoms with Crippen molar-refractivity contribution in [2.75, 3.05) is 12.8 Å². The van der Waals surface area contributed by atoms with Crippen LogP contribution in [0.5, 0.6) is 0 Å². The molecule has 2 heteroatoms. The Kier molecular flexibility index (Phi) is 10.7. The maximum absolute atomic E-state index is 11.6. The summed E-state index contributed by atoms with van der Waals surface area (Å²) in [7, 11) is 2.74. The van der Waals surface area contributed by atoms with E-state index in [1.54, 1.807) is 0 Å². The van der Waals surface area contributed by atoms with Crippen LogP contribution in [-0.4, -0.2) is 12.8 Å². The van der Waals surface area contributed by atoms with Gasteiger partial charge in [0, 0.05) is 0 Å². The third kappa shape index (κ3) is 10.4. The highest BCUT2D eigenvalue weighted by atomic mass is 31.0. The molecule has 0 N–H and O–H groups in total. The van der Waals surface area contributed by atoms with Crippen LogP contribution in [0.3, 0.4) is 0 Å². The molecule has 0 saturated carbocycles. The van der Waals surface area contributed by atoms with E-state index in [0.717, 1.165) is 12.8 Å². The van der Waals surface area contributed by atoms with Crippen LogP contribution in [0, 0.1) is 0 Å². The SMILES string of the molecule is FCCCCCCCCCP. The molecule has 0 saturated heterocycles. The molecule has 0 amide bonds. The van der Waals surface area contributed by atoms with Crippen molar-refractivity contribution in [1.29, 1.82) is 0 Å². The summed E-state index contributed by atoms with van der Waals surface area (Å²) in [4.78, 5) is 0. The van der Waals surface area contributed by atoms with Crippen LogP contribution >= 0.6 is 9.24 Å². The average molecular weight is 178 g/mol. The molecule has 68 valence electrons. The number of halogens is 1. The topological polar surface area (TPSA) is 0 Å². The molecule has 0 rings (SSSR count). The van der Waals surface area contributed by atoms with Gasteiger partial charge in [0.05, 0.1) is 6.67 Å². The first-order chi connectivity index (χ1) is 5.41. The Morgan fingerprint density at radius 1 is 0.727 bits per heavy atom. The number of unbranched alkanes of at least 4 members (excludes halogenated alkanes) is 6. The van der Waals surface area contributed by atoms with Crippen molar-refractivity contribution in [2.45, 2.75) is 44.9 Å². The van der Waals surface area contributed by atoms with E-state index in [4.69, 9.17) is 0 Å². The second-order valence-electron chi connectivity index (χ2n) is 2.95. The van der Waals surface area contributed by atoms with Gasteiger partial charge in [0.1, 0.15) is 0 Å². The minimum atomic E-state index is -0.133. The quantitative estimate of drug-likeness (QED) is 0.394. The molecular formula is C9H20FP. The van der Waals surface area contributed by atoms with E-state index in [1.807, 2.05) is 0 Å². The van der Waals surface area contributed by atoms with Crippen LogP contribution in [0.25, 0.3) is 0 Å². The molecule has 0 bridgehead atoms. The molecule has 1 unspecified atom stereocenters. The lowest BCUT2D eigenvalue weighted by molar-refractivity contribution is 0.450. The van der Waals surface area contributed by atoms with Gasteiger partial charge in [0.15, 0.2) is 0 Å². The number of alkyl halides is 1. The van der Waals surface area contributed by atoms with Gasteiger partial charge in [-0.1, -0.05) is 32.1 Å². The number of rotatable bonds is 8. The van der Waals surface area contributed by atoms with E-state index in [-0.39, 0.29) is 6.67 Å². The van der Waals surface area contributed by atoms with Crippen molar-refractivity contribution in [3.8, 4) is 0 Å². The molecule has 0 aliphatic rings. The number of hydrogen-bond donors (Lipinski definition) is 0. The summed E-state index contributed by atoms with van der Waals surface area (Å²) in [6.45, 7) is -0.133. The van der Waals surface area contributed by atoms with Gasteiger partial charge < -0.3 is 0 Å². The van der Waals surface area contributed by atoms with E-state index in [1.165, 1.54) is 38.3 Å². The normalized spacial score (nSPS) is 10.4. The Bertz CT molecular complexity index is 58.6. The summed E-state index contributed by atoms with van der Waals surface area (Å²) in [5.74, 6) is 0. The first-order valence-electron chi connectivity index (χ1n) is 4.68. The van der Waals surface area contributed by atoms with Crippen LogP contribution in [-0.2, 0) is 0 Å². The zero-order valence-corrected chi connectivity index (χ0v) is 8.47. The maximum Gasteiger partial charge on any atom is 0.0894 e. The average Bonchev–Trinajstić information content (AvgIpc) is 2.03. The molecule has 11 heavy (non-hydrogen) atoms. The Morgan fingerprint density at radius 2 is 1.18 bits per heavy atom. The lowest BCUT2D eigenvalue weighted by Crippen LogP contribution is -1.81. The fraction of sp³-hybridized carbons (Fsp3) is 1.00. The molecule has 0 aliphatic carbocycles. The first-order valence-corrected chi connectivity index (χ1v) is 5.49. The van der Waals surface area contributed by atoms with Gasteiger partial charge in [-0.15, -0.1) is 9.24 Å². The maximum atomic E-state index is 11.6. The third-order valence-electron chi connectivity index (χ3n) is 1.84. The predicted molar refractivity (Wildman–Crippen MR) is 52.9 cm³/mol. The van der Waals surface area contributed by atoms with E-state index >= 15 is 0 Å². The Hall–Kier alpha value is 0.360. The standard InChI is InChI=1S/C9H20FP/c10-8-6-4-2-1-3-5-7-9-11/h1-9,11H2. The smallest absolute Gasteiger partial charge is 0.0894 e. The van der Waals surface area contributed by atoms with Gasteiger partial charge in [0.2, 0.25) is 0 Å². The van der Waals surface area contributed by atoms with Gasteiger partial charge in [-0.05, 0) is 19.0 Å². The van der Waals surface area contributed by atoms with Gasteiger partial charge in [-0.25, -0.2) is 0 Å². The van der Waals surface area contributed by atoms with Crippen molar-refractivity contribution in [3.05, 3.63) is 0 Å². The largest absolute Gasteiger partial charge is 0.251 e. The summed E-state index contributed by atoms with van der Waals surface area (Å²) in [6.07, 6.45) is 9.60. The Balaban J connectivity index is 2.69. The summed E-state index contributed by atoms with van der Waals surface area (Å²) in [5, 5.41) is 0. The van der Waals surface area contributed by atoms with E-state index < -0.39 is 0 Å². The number of hydrogen-bond acceptors (Lipinski definition) is 0. The molecule has 0 nitrogen and oxygen atoms in total. The predicted octanol–water partition coefficient (Wildman–Crippen LogP) is 3.56. The van der Waals surface area contributed by atoms with E-state index in [9.17, 15) is 4.39 Å². The van der Waals surface area contributed by atoms with Crippen molar-refractivity contribution < 1.29 is 4.39 Å². The van der Waals surface area contributed by atoms with Crippen molar-refractivity contribution >= 4 is 9.24 Å². The Morgan fingerprint density at radius 3 is 1.64 bits per heavy atom. The summed E-state index contributed by atoms with van der Waals surface area (Å²) in [6, 6.07) is 0. The molecule has 1 atom stereocenters. The molecule has 0 aliphatic heterocycles. The van der Waals surface area contributed by atoms with Crippen LogP contribution in [0.4, 0.5) is 4.39 Å². The second-order valence-corrected chi connectivity index (χ2v) is 3.53. The molecule has 0 aromatic heterocycles. The lowest BCUT2D eigenvalue weighted by Gasteiger charge is -1.98. The zero-order valence-electron chi connectivity index (χ0n) is 7.32. The van der Waals surface area contributed by atoms with Crippen molar-refractivity contribution in [1.82, 2.24) is 0 Å². The highest BCUT2D eigenvalue weighted by Gasteiger charge is 1.89. The molecule has 0 aromatic rings. The van der Waals surface area contributed by atoms with Gasteiger partial charge in [-0.3, -0.25) is 4.39 Å². The van der Waals surface area contributed by atoms with Crippen molar-refractivity contribution in [3.63, 3.8) is 0 Å². The van der Waals surface area contributed by atoms with Gasteiger partial charge in [0.25, 0.3) is 0 Å². The fourth-order valence-electron chi connectivity index (χ4n) is 1.12. The van der Waals surface area contributed by atoms with Crippen LogP contribution in [0.1, 0.15) is 44.9 Å². The molecule has 0 fully saturated rings. The van der Waals surface area contributed by atoms with Crippen LogP contribution in [0.15, 0.2) is 0 Å². The molecule has 0 radical (unpaired) electrons. The summed E-state index contributed by atoms with van der Waals surface area (Å²) < 4.78 is 11.6. The third-order valence-corrected chi connectivity index (χ3v) is 2.25. The van der Waals surface area contributed by atoms with Crippen LogP contribution in [0.2, 0.25) is 0 Å². The molecule has 0 aromatic carbocycles. The van der Waals surface area contributed by atoms with E-state index in [2.05, 4.69) is 9.24 Å². The minimum absolute atomic E-state index is 0.133. The summed E-state index contributed by atoms with van der Waals surface area (Å²) in [5.41, 5.74) is 0. The van der Waals surface area contributed by atoms with Gasteiger partial charge in [-0.2, -0.15) is 0 Å².